The monoisotopic (exact) mass is 178 g/mol. The van der Waals surface area contributed by atoms with Gasteiger partial charge in [-0.05, 0) is 25.5 Å². The Kier molecular flexibility index (Phi) is 2.34. The summed E-state index contributed by atoms with van der Waals surface area (Å²) < 4.78 is 5.29. The average Bonchev–Trinajstić information content (AvgIpc) is 2.74. The highest BCUT2D eigenvalue weighted by molar-refractivity contribution is 5.83. The summed E-state index contributed by atoms with van der Waals surface area (Å²) >= 11 is 0. The van der Waals surface area contributed by atoms with Gasteiger partial charge < -0.3 is 9.73 Å². The summed E-state index contributed by atoms with van der Waals surface area (Å²) in [5.74, 6) is 2.08. The van der Waals surface area contributed by atoms with Gasteiger partial charge in [-0.25, -0.2) is 0 Å². The standard InChI is InChI=1S/C10H14N2O/c1-8(9-4-3-7-13-9)12-10-5-2-6-11-10/h3-4,7-8H,2,5-6H2,1H3,(H,11,12)/t8-/m0/s1. The van der Waals surface area contributed by atoms with Crippen molar-refractivity contribution in [3.05, 3.63) is 24.2 Å². The lowest BCUT2D eigenvalue weighted by Gasteiger charge is -2.11. The van der Waals surface area contributed by atoms with E-state index in [1.54, 1.807) is 6.26 Å². The van der Waals surface area contributed by atoms with E-state index in [4.69, 9.17) is 4.42 Å². The number of furan rings is 1. The zero-order valence-electron chi connectivity index (χ0n) is 7.79. The van der Waals surface area contributed by atoms with Crippen molar-refractivity contribution in [3.8, 4) is 0 Å². The molecule has 0 bridgehead atoms. The number of hydrogen-bond donors (Lipinski definition) is 1. The lowest BCUT2D eigenvalue weighted by atomic mass is 10.2. The number of aliphatic imine (C=N–C) groups is 1. The van der Waals surface area contributed by atoms with Crippen molar-refractivity contribution in [3.63, 3.8) is 0 Å². The molecule has 0 spiro atoms. The lowest BCUT2D eigenvalue weighted by molar-refractivity contribution is 0.462. The predicted octanol–water partition coefficient (Wildman–Crippen LogP) is 2.12. The number of nitrogens with zero attached hydrogens (tertiary/aromatic N) is 1. The Bertz CT molecular complexity index is 290. The number of hydrogen-bond acceptors (Lipinski definition) is 3. The first kappa shape index (κ1) is 8.35. The molecule has 3 nitrogen and oxygen atoms in total. The van der Waals surface area contributed by atoms with E-state index in [0.717, 1.165) is 24.6 Å². The molecular weight excluding hydrogens is 164 g/mol. The van der Waals surface area contributed by atoms with E-state index in [1.165, 1.54) is 6.42 Å². The molecule has 70 valence electrons. The minimum atomic E-state index is 0.229. The molecule has 0 fully saturated rings. The molecule has 2 rings (SSSR count). The Balaban J connectivity index is 1.95. The molecule has 1 aliphatic heterocycles. The van der Waals surface area contributed by atoms with Gasteiger partial charge in [-0.1, -0.05) is 0 Å². The predicted molar refractivity (Wildman–Crippen MR) is 51.8 cm³/mol. The lowest BCUT2D eigenvalue weighted by Crippen LogP contribution is -2.24. The third kappa shape index (κ3) is 1.91. The van der Waals surface area contributed by atoms with Gasteiger partial charge in [0.15, 0.2) is 0 Å². The summed E-state index contributed by atoms with van der Waals surface area (Å²) in [4.78, 5) is 4.35. The van der Waals surface area contributed by atoms with Crippen molar-refractivity contribution in [2.24, 2.45) is 4.99 Å². The zero-order chi connectivity index (χ0) is 9.10. The molecule has 0 saturated carbocycles. The highest BCUT2D eigenvalue weighted by Gasteiger charge is 2.12. The second-order valence-electron chi connectivity index (χ2n) is 3.31. The van der Waals surface area contributed by atoms with Crippen LogP contribution in [-0.4, -0.2) is 12.4 Å². The number of amidine groups is 1. The van der Waals surface area contributed by atoms with Gasteiger partial charge in [0.2, 0.25) is 0 Å². The quantitative estimate of drug-likeness (QED) is 0.753. The van der Waals surface area contributed by atoms with E-state index >= 15 is 0 Å². The summed E-state index contributed by atoms with van der Waals surface area (Å²) in [6.07, 6.45) is 3.95. The van der Waals surface area contributed by atoms with E-state index in [1.807, 2.05) is 12.1 Å². The Morgan fingerprint density at radius 2 is 2.54 bits per heavy atom. The maximum Gasteiger partial charge on any atom is 0.125 e. The Morgan fingerprint density at radius 1 is 1.62 bits per heavy atom. The van der Waals surface area contributed by atoms with Crippen molar-refractivity contribution < 1.29 is 4.42 Å². The molecule has 0 unspecified atom stereocenters. The maximum absolute atomic E-state index is 5.29. The van der Waals surface area contributed by atoms with Crippen molar-refractivity contribution in [1.82, 2.24) is 5.32 Å². The van der Waals surface area contributed by atoms with Gasteiger partial charge in [0.1, 0.15) is 5.76 Å². The van der Waals surface area contributed by atoms with Crippen LogP contribution in [0.5, 0.6) is 0 Å². The summed E-state index contributed by atoms with van der Waals surface area (Å²) in [5.41, 5.74) is 0. The molecule has 1 aromatic rings. The normalized spacial score (nSPS) is 18.4. The molecule has 13 heavy (non-hydrogen) atoms. The minimum absolute atomic E-state index is 0.229. The molecule has 0 aliphatic carbocycles. The second-order valence-corrected chi connectivity index (χ2v) is 3.31. The average molecular weight is 178 g/mol. The summed E-state index contributed by atoms with van der Waals surface area (Å²) in [7, 11) is 0. The van der Waals surface area contributed by atoms with Crippen LogP contribution in [0.15, 0.2) is 27.8 Å². The Labute approximate surface area is 77.9 Å². The van der Waals surface area contributed by atoms with Gasteiger partial charge >= 0.3 is 0 Å². The van der Waals surface area contributed by atoms with Crippen molar-refractivity contribution in [1.29, 1.82) is 0 Å². The molecule has 0 radical (unpaired) electrons. The SMILES string of the molecule is C[C@H](NC1=NCCC1)c1ccco1. The fraction of sp³-hybridized carbons (Fsp3) is 0.500. The first-order valence-electron chi connectivity index (χ1n) is 4.69. The van der Waals surface area contributed by atoms with Crippen LogP contribution in [0.3, 0.4) is 0 Å². The van der Waals surface area contributed by atoms with Crippen LogP contribution in [0.1, 0.15) is 31.6 Å². The van der Waals surface area contributed by atoms with Gasteiger partial charge in [0.25, 0.3) is 0 Å². The zero-order valence-corrected chi connectivity index (χ0v) is 7.79. The van der Waals surface area contributed by atoms with Gasteiger partial charge in [-0.3, -0.25) is 4.99 Å². The molecule has 3 heteroatoms. The van der Waals surface area contributed by atoms with Crippen LogP contribution < -0.4 is 5.32 Å². The van der Waals surface area contributed by atoms with E-state index in [9.17, 15) is 0 Å². The van der Waals surface area contributed by atoms with E-state index < -0.39 is 0 Å². The number of rotatable bonds is 2. The van der Waals surface area contributed by atoms with E-state index in [-0.39, 0.29) is 6.04 Å². The van der Waals surface area contributed by atoms with Crippen LogP contribution in [0.25, 0.3) is 0 Å². The highest BCUT2D eigenvalue weighted by Crippen LogP contribution is 2.13. The summed E-state index contributed by atoms with van der Waals surface area (Å²) in [6.45, 7) is 3.05. The first-order valence-corrected chi connectivity index (χ1v) is 4.69. The Hall–Kier alpha value is -1.25. The smallest absolute Gasteiger partial charge is 0.125 e. The third-order valence-corrected chi connectivity index (χ3v) is 2.23. The van der Waals surface area contributed by atoms with Gasteiger partial charge in [-0.15, -0.1) is 0 Å². The van der Waals surface area contributed by atoms with Crippen LogP contribution in [0.4, 0.5) is 0 Å². The van der Waals surface area contributed by atoms with Gasteiger partial charge in [0, 0.05) is 13.0 Å². The molecule has 2 heterocycles. The fourth-order valence-electron chi connectivity index (χ4n) is 1.52. The largest absolute Gasteiger partial charge is 0.467 e. The van der Waals surface area contributed by atoms with Crippen molar-refractivity contribution in [2.75, 3.05) is 6.54 Å². The number of nitrogens with one attached hydrogen (secondary N) is 1. The fourth-order valence-corrected chi connectivity index (χ4v) is 1.52. The van der Waals surface area contributed by atoms with Crippen LogP contribution >= 0.6 is 0 Å². The third-order valence-electron chi connectivity index (χ3n) is 2.23. The van der Waals surface area contributed by atoms with Gasteiger partial charge in [-0.2, -0.15) is 0 Å². The molecule has 1 atom stereocenters. The van der Waals surface area contributed by atoms with E-state index in [0.29, 0.717) is 0 Å². The summed E-state index contributed by atoms with van der Waals surface area (Å²) in [5, 5.41) is 3.34. The molecule has 1 aromatic heterocycles. The van der Waals surface area contributed by atoms with Gasteiger partial charge in [0.05, 0.1) is 18.1 Å². The van der Waals surface area contributed by atoms with Crippen LogP contribution in [0, 0.1) is 0 Å². The minimum Gasteiger partial charge on any atom is -0.467 e. The topological polar surface area (TPSA) is 37.5 Å². The highest BCUT2D eigenvalue weighted by atomic mass is 16.3. The molecular formula is C10H14N2O. The molecule has 0 amide bonds. The molecule has 0 saturated heterocycles. The van der Waals surface area contributed by atoms with E-state index in [2.05, 4.69) is 17.2 Å². The molecule has 1 N–H and O–H groups in total. The Morgan fingerprint density at radius 3 is 3.15 bits per heavy atom. The summed E-state index contributed by atoms with van der Waals surface area (Å²) in [6, 6.07) is 4.11. The van der Waals surface area contributed by atoms with Crippen LogP contribution in [0.2, 0.25) is 0 Å². The molecule has 1 aliphatic rings. The maximum atomic E-state index is 5.29. The van der Waals surface area contributed by atoms with Crippen molar-refractivity contribution in [2.45, 2.75) is 25.8 Å². The molecule has 0 aromatic carbocycles. The first-order chi connectivity index (χ1) is 6.36. The van der Waals surface area contributed by atoms with Crippen molar-refractivity contribution >= 4 is 5.84 Å². The van der Waals surface area contributed by atoms with Crippen LogP contribution in [-0.2, 0) is 0 Å². The second kappa shape index (κ2) is 3.64.